The number of ketones is 1. The molecular formula is C21H34Br2N4O7. The van der Waals surface area contributed by atoms with Gasteiger partial charge in [-0.15, -0.1) is 0 Å². The Hall–Kier alpha value is -1.19. The number of hydrogen-bond acceptors (Lipinski definition) is 9. The lowest BCUT2D eigenvalue weighted by Crippen LogP contribution is -2.51. The first kappa shape index (κ1) is 30.8. The highest BCUT2D eigenvalue weighted by molar-refractivity contribution is 9.10. The predicted octanol–water partition coefficient (Wildman–Crippen LogP) is 3.34. The molecule has 4 rings (SSSR count). The van der Waals surface area contributed by atoms with E-state index in [9.17, 15) is 4.79 Å². The zero-order chi connectivity index (χ0) is 25.7. The third-order valence-electron chi connectivity index (χ3n) is 5.36. The average Bonchev–Trinajstić information content (AvgIpc) is 3.44. The van der Waals surface area contributed by atoms with Gasteiger partial charge in [0.05, 0.1) is 21.3 Å². The number of rotatable bonds is 7. The van der Waals surface area contributed by atoms with Crippen LogP contribution in [0.25, 0.3) is 0 Å². The van der Waals surface area contributed by atoms with E-state index in [0.29, 0.717) is 12.2 Å². The normalized spacial score (nSPS) is 20.0. The van der Waals surface area contributed by atoms with E-state index in [-0.39, 0.29) is 12.1 Å². The van der Waals surface area contributed by atoms with Crippen LogP contribution in [0.5, 0.6) is 0 Å². The van der Waals surface area contributed by atoms with Gasteiger partial charge in [-0.2, -0.15) is 10.2 Å². The summed E-state index contributed by atoms with van der Waals surface area (Å²) in [6, 6.07) is 0.199. The molecule has 0 aromatic carbocycles. The zero-order valence-electron chi connectivity index (χ0n) is 20.3. The minimum atomic E-state index is -0.514. The summed E-state index contributed by atoms with van der Waals surface area (Å²) >= 11 is 6.65. The van der Waals surface area contributed by atoms with Gasteiger partial charge in [0.1, 0.15) is 12.1 Å². The minimum absolute atomic E-state index is 0.0151. The number of carbonyl (C=O) groups is 1. The van der Waals surface area contributed by atoms with Crippen LogP contribution >= 0.6 is 31.9 Å². The second-order valence-corrected chi connectivity index (χ2v) is 8.90. The fourth-order valence-corrected chi connectivity index (χ4v) is 3.94. The average molecular weight is 614 g/mol. The summed E-state index contributed by atoms with van der Waals surface area (Å²) in [7, 11) is 8.88. The third-order valence-corrected chi connectivity index (χ3v) is 6.18. The van der Waals surface area contributed by atoms with Crippen LogP contribution in [0.1, 0.15) is 37.8 Å². The van der Waals surface area contributed by atoms with Crippen molar-refractivity contribution in [2.75, 3.05) is 42.7 Å². The van der Waals surface area contributed by atoms with E-state index in [2.05, 4.69) is 56.3 Å². The van der Waals surface area contributed by atoms with E-state index in [1.165, 1.54) is 21.3 Å². The van der Waals surface area contributed by atoms with Crippen molar-refractivity contribution in [1.29, 1.82) is 0 Å². The maximum Gasteiger partial charge on any atom is 0.270 e. The first-order valence-electron chi connectivity index (χ1n) is 10.4. The Morgan fingerprint density at radius 1 is 0.941 bits per heavy atom. The van der Waals surface area contributed by atoms with Crippen LogP contribution in [-0.2, 0) is 28.5 Å². The molecule has 2 aromatic heterocycles. The standard InChI is InChI=1S/C9H13BrN2O2.C7H7BrN2O.C4H10O3.CH4O/c1-13-9(14-2)4-3-8(9)12-6-7(10)5-11-12;8-5-3-9-10(4-5)6-1-2-7(6)11;1-5-4(6-2)7-3;1-2/h5-6,8H,3-4H2,1-2H3;3-4,6H,1-2H2;4H,1-3H3;2H,1H3. The molecule has 1 N–H and O–H groups in total. The highest BCUT2D eigenvalue weighted by atomic mass is 79.9. The van der Waals surface area contributed by atoms with Gasteiger partial charge >= 0.3 is 0 Å². The van der Waals surface area contributed by atoms with Crippen molar-refractivity contribution in [1.82, 2.24) is 19.6 Å². The molecule has 2 unspecified atom stereocenters. The smallest absolute Gasteiger partial charge is 0.270 e. The van der Waals surface area contributed by atoms with Gasteiger partial charge in [-0.1, -0.05) is 0 Å². The lowest BCUT2D eigenvalue weighted by atomic mass is 9.84. The van der Waals surface area contributed by atoms with Gasteiger partial charge in [-0.3, -0.25) is 14.2 Å². The molecule has 2 aliphatic rings. The Balaban J connectivity index is 0.000000259. The highest BCUT2D eigenvalue weighted by Crippen LogP contribution is 2.45. The lowest BCUT2D eigenvalue weighted by Gasteiger charge is -2.46. The maximum atomic E-state index is 11.0. The Labute approximate surface area is 216 Å². The number of aromatic nitrogens is 4. The van der Waals surface area contributed by atoms with E-state index in [1.807, 2.05) is 17.1 Å². The van der Waals surface area contributed by atoms with Gasteiger partial charge in [0.2, 0.25) is 0 Å². The SMILES string of the molecule is CO.COC(OC)OC.COC1(OC)CCC1n1cc(Br)cn1.O=C1CCC1n1cc(Br)cn1. The highest BCUT2D eigenvalue weighted by Gasteiger charge is 2.49. The first-order valence-corrected chi connectivity index (χ1v) is 12.0. The molecule has 0 aliphatic heterocycles. The number of aliphatic hydroxyl groups excluding tert-OH is 1. The van der Waals surface area contributed by atoms with Crippen LogP contribution in [0.4, 0.5) is 0 Å². The summed E-state index contributed by atoms with van der Waals surface area (Å²) < 4.78 is 30.1. The van der Waals surface area contributed by atoms with Gasteiger partial charge in [0, 0.05) is 67.9 Å². The predicted molar refractivity (Wildman–Crippen MR) is 131 cm³/mol. The van der Waals surface area contributed by atoms with Crippen LogP contribution in [0.15, 0.2) is 33.7 Å². The van der Waals surface area contributed by atoms with Crippen molar-refractivity contribution in [3.05, 3.63) is 33.7 Å². The first-order chi connectivity index (χ1) is 16.3. The molecule has 0 bridgehead atoms. The molecule has 194 valence electrons. The van der Waals surface area contributed by atoms with Gasteiger partial charge in [0.15, 0.2) is 11.6 Å². The summed E-state index contributed by atoms with van der Waals surface area (Å²) in [5.74, 6) is -0.188. The van der Waals surface area contributed by atoms with E-state index in [4.69, 9.17) is 14.6 Å². The number of methoxy groups -OCH3 is 5. The van der Waals surface area contributed by atoms with Gasteiger partial charge in [0.25, 0.3) is 6.48 Å². The van der Waals surface area contributed by atoms with Crippen molar-refractivity contribution >= 4 is 37.6 Å². The second kappa shape index (κ2) is 15.7. The summed E-state index contributed by atoms with van der Waals surface area (Å²) in [6.07, 6.45) is 10.9. The molecule has 13 heteroatoms. The van der Waals surface area contributed by atoms with Gasteiger partial charge in [-0.05, 0) is 44.7 Å². The second-order valence-electron chi connectivity index (χ2n) is 7.07. The summed E-state index contributed by atoms with van der Waals surface area (Å²) in [4.78, 5) is 11.0. The van der Waals surface area contributed by atoms with Gasteiger partial charge in [-0.25, -0.2) is 0 Å². The van der Waals surface area contributed by atoms with Crippen molar-refractivity contribution < 1.29 is 33.6 Å². The fourth-order valence-electron chi connectivity index (χ4n) is 3.33. The largest absolute Gasteiger partial charge is 0.400 e. The van der Waals surface area contributed by atoms with Crippen molar-refractivity contribution in [3.8, 4) is 0 Å². The molecular weight excluding hydrogens is 580 g/mol. The summed E-state index contributed by atoms with van der Waals surface area (Å²) in [5.41, 5.74) is 0. The Morgan fingerprint density at radius 3 is 1.68 bits per heavy atom. The molecule has 0 amide bonds. The number of nitrogens with zero attached hydrogens (tertiary/aromatic N) is 4. The Kier molecular flexibility index (Phi) is 14.3. The Morgan fingerprint density at radius 2 is 1.44 bits per heavy atom. The minimum Gasteiger partial charge on any atom is -0.400 e. The summed E-state index contributed by atoms with van der Waals surface area (Å²) in [6.45, 7) is -0.514. The maximum absolute atomic E-state index is 11.0. The van der Waals surface area contributed by atoms with Crippen molar-refractivity contribution in [3.63, 3.8) is 0 Å². The van der Waals surface area contributed by atoms with Crippen LogP contribution < -0.4 is 0 Å². The topological polar surface area (TPSA) is 119 Å². The zero-order valence-corrected chi connectivity index (χ0v) is 23.5. The Bertz CT molecular complexity index is 830. The number of hydrogen-bond donors (Lipinski definition) is 1. The van der Waals surface area contributed by atoms with Crippen molar-refractivity contribution in [2.45, 2.75) is 50.0 Å². The number of halogens is 2. The number of Topliss-reactive ketones (excluding diaryl/α,β-unsaturated/α-hetero) is 1. The molecule has 0 spiro atoms. The lowest BCUT2D eigenvalue weighted by molar-refractivity contribution is -0.281. The van der Waals surface area contributed by atoms with Crippen LogP contribution in [0.2, 0.25) is 0 Å². The third kappa shape index (κ3) is 8.19. The molecule has 2 atom stereocenters. The number of ether oxygens (including phenoxy) is 5. The van der Waals surface area contributed by atoms with Crippen LogP contribution in [-0.4, -0.2) is 85.4 Å². The van der Waals surface area contributed by atoms with Crippen molar-refractivity contribution in [2.24, 2.45) is 0 Å². The number of aliphatic hydroxyl groups is 1. The fraction of sp³-hybridized carbons (Fsp3) is 0.667. The molecule has 2 saturated carbocycles. The van der Waals surface area contributed by atoms with E-state index >= 15 is 0 Å². The molecule has 11 nitrogen and oxygen atoms in total. The molecule has 2 aliphatic carbocycles. The van der Waals surface area contributed by atoms with Gasteiger partial charge < -0.3 is 28.8 Å². The molecule has 2 fully saturated rings. The molecule has 0 saturated heterocycles. The molecule has 2 heterocycles. The van der Waals surface area contributed by atoms with E-state index in [1.54, 1.807) is 31.3 Å². The van der Waals surface area contributed by atoms with Crippen LogP contribution in [0, 0.1) is 0 Å². The molecule has 2 aromatic rings. The van der Waals surface area contributed by atoms with E-state index < -0.39 is 12.3 Å². The van der Waals surface area contributed by atoms with E-state index in [0.717, 1.165) is 35.3 Å². The quantitative estimate of drug-likeness (QED) is 0.469. The molecule has 0 radical (unpaired) electrons. The molecule has 34 heavy (non-hydrogen) atoms. The summed E-state index contributed by atoms with van der Waals surface area (Å²) in [5, 5.41) is 15.3. The monoisotopic (exact) mass is 612 g/mol. The van der Waals surface area contributed by atoms with Crippen LogP contribution in [0.3, 0.4) is 0 Å². The number of carbonyl (C=O) groups excluding carboxylic acids is 1.